The predicted octanol–water partition coefficient (Wildman–Crippen LogP) is 12.2. The van der Waals surface area contributed by atoms with Crippen molar-refractivity contribution >= 4 is 34.3 Å². The molecule has 8 rings (SSSR count). The number of nitrogens with zero attached hydrogens (tertiary/aromatic N) is 2. The Labute approximate surface area is 400 Å². The van der Waals surface area contributed by atoms with Crippen molar-refractivity contribution in [1.29, 1.82) is 0 Å². The van der Waals surface area contributed by atoms with Crippen LogP contribution in [0.3, 0.4) is 0 Å². The van der Waals surface area contributed by atoms with Crippen molar-refractivity contribution in [3.8, 4) is 45.2 Å². The number of fused-ring (bicyclic) bond motifs is 2. The number of phenolic OH excluding ortho intramolecular Hbond substituents is 1. The summed E-state index contributed by atoms with van der Waals surface area (Å²) in [6.45, 7) is 3.10. The van der Waals surface area contributed by atoms with E-state index >= 15 is 0 Å². The first-order valence-electron chi connectivity index (χ1n) is 20.2. The molecule has 70 heavy (non-hydrogen) atoms. The van der Waals surface area contributed by atoms with Crippen molar-refractivity contribution in [2.45, 2.75) is 36.1 Å². The van der Waals surface area contributed by atoms with Crippen LogP contribution in [0.25, 0.3) is 38.8 Å². The number of pyridine rings is 1. The van der Waals surface area contributed by atoms with Gasteiger partial charge in [-0.1, -0.05) is 95.1 Å². The quantitative estimate of drug-likeness (QED) is 0.0137. The van der Waals surface area contributed by atoms with E-state index in [-0.39, 0.29) is 69.5 Å². The summed E-state index contributed by atoms with van der Waals surface area (Å²) in [5, 5.41) is 9.09. The van der Waals surface area contributed by atoms with Gasteiger partial charge in [0.1, 0.15) is 22.4 Å². The van der Waals surface area contributed by atoms with Crippen LogP contribution in [0.2, 0.25) is 0 Å². The fourth-order valence-electron chi connectivity index (χ4n) is 6.67. The third-order valence-corrected chi connectivity index (χ3v) is 9.78. The first kappa shape index (κ1) is 56.0. The number of ether oxygens (including phenoxy) is 3. The monoisotopic (exact) mass is 971 g/mol. The van der Waals surface area contributed by atoms with Gasteiger partial charge in [0.25, 0.3) is 0 Å². The van der Waals surface area contributed by atoms with Crippen LogP contribution >= 0.6 is 0 Å². The number of phenols is 1. The van der Waals surface area contributed by atoms with E-state index in [2.05, 4.69) is 4.74 Å². The fourth-order valence-corrected chi connectivity index (χ4v) is 6.67. The SMILES string of the molecule is C.C.C.CCOC(=O)/C(=C\N(C)C)C(=O)c1cc(F)c(F)c(F)c1F.CCOC(=O)c1cn2c3c(c(F)c(F)cc3c1=O)Oc1ccc(-c3ccccc3)cc1-2.Nc1cc(-c2ccccc2)ccc1O. The number of nitrogens with two attached hydrogens (primary N) is 1. The van der Waals surface area contributed by atoms with E-state index < -0.39 is 74.9 Å². The maximum atomic E-state index is 14.6. The lowest BCUT2D eigenvalue weighted by atomic mass is 10.0. The van der Waals surface area contributed by atoms with Crippen LogP contribution in [-0.4, -0.2) is 59.6 Å². The van der Waals surface area contributed by atoms with Gasteiger partial charge in [0, 0.05) is 26.5 Å². The molecule has 0 aliphatic carbocycles. The molecular formula is C53H51F6N3O8. The number of anilines is 1. The van der Waals surface area contributed by atoms with Gasteiger partial charge in [0.2, 0.25) is 17.0 Å². The van der Waals surface area contributed by atoms with Crippen LogP contribution in [0, 0.1) is 34.9 Å². The second-order valence-corrected chi connectivity index (χ2v) is 14.6. The zero-order chi connectivity index (χ0) is 48.7. The van der Waals surface area contributed by atoms with Crippen LogP contribution in [-0.2, 0) is 14.3 Å². The smallest absolute Gasteiger partial charge is 0.343 e. The molecule has 0 bridgehead atoms. The molecule has 0 spiro atoms. The van der Waals surface area contributed by atoms with Crippen molar-refractivity contribution in [2.75, 3.05) is 33.0 Å². The highest BCUT2D eigenvalue weighted by atomic mass is 19.2. The second kappa shape index (κ2) is 24.1. The zero-order valence-corrected chi connectivity index (χ0v) is 36.0. The molecule has 6 aromatic carbocycles. The Morgan fingerprint density at radius 3 is 1.80 bits per heavy atom. The number of Topliss-reactive ketones (excluding diaryl/α,β-unsaturated/α-hetero) is 1. The standard InChI is InChI=1S/C24H15F2NO4.C14H13F4NO3.C12H11NO.3CH4/c1-2-30-24(29)16-12-27-18-10-14(13-6-4-3-5-7-13)8-9-19(18)31-23-20(26)17(25)11-15(21(23)27)22(16)28;1-4-22-14(21)8(6-19(2)3)13(20)7-5-9(15)11(17)12(18)10(7)16;13-11-8-10(6-7-12(11)14)9-4-2-1-3-5-9;;;/h3-12H,2H2,1H3;5-6H,4H2,1-3H3;1-8,14H,13H2;3*1H4/b;8-6-;;;;. The second-order valence-electron chi connectivity index (χ2n) is 14.6. The number of esters is 2. The fraction of sp³-hybridized carbons (Fsp3) is 0.170. The Bertz CT molecular complexity index is 3130. The van der Waals surface area contributed by atoms with Crippen LogP contribution in [0.5, 0.6) is 17.2 Å². The lowest BCUT2D eigenvalue weighted by molar-refractivity contribution is -0.138. The average Bonchev–Trinajstić information content (AvgIpc) is 3.32. The summed E-state index contributed by atoms with van der Waals surface area (Å²) in [4.78, 5) is 50.4. The van der Waals surface area contributed by atoms with Gasteiger partial charge < -0.3 is 34.5 Å². The largest absolute Gasteiger partial charge is 0.506 e. The molecule has 1 aliphatic rings. The Morgan fingerprint density at radius 1 is 0.686 bits per heavy atom. The molecule has 0 unspecified atom stereocenters. The number of aromatic nitrogens is 1. The number of hydrogen-bond donors (Lipinski definition) is 2. The summed E-state index contributed by atoms with van der Waals surface area (Å²) in [6, 6.07) is 30.9. The molecule has 1 aromatic heterocycles. The van der Waals surface area contributed by atoms with Crippen molar-refractivity contribution in [3.63, 3.8) is 0 Å². The first-order chi connectivity index (χ1) is 32.0. The number of ketones is 1. The van der Waals surface area contributed by atoms with Gasteiger partial charge in [-0.2, -0.15) is 4.39 Å². The van der Waals surface area contributed by atoms with Crippen molar-refractivity contribution < 1.29 is 60.0 Å². The lowest BCUT2D eigenvalue weighted by Gasteiger charge is -2.24. The Morgan fingerprint density at radius 2 is 1.24 bits per heavy atom. The lowest BCUT2D eigenvalue weighted by Crippen LogP contribution is -2.22. The van der Waals surface area contributed by atoms with E-state index in [1.165, 1.54) is 36.7 Å². The number of rotatable bonds is 9. The van der Waals surface area contributed by atoms with E-state index in [4.69, 9.17) is 15.2 Å². The predicted molar refractivity (Wildman–Crippen MR) is 258 cm³/mol. The third-order valence-electron chi connectivity index (χ3n) is 9.78. The van der Waals surface area contributed by atoms with Gasteiger partial charge in [-0.3, -0.25) is 9.59 Å². The summed E-state index contributed by atoms with van der Waals surface area (Å²) in [5.74, 6) is -13.5. The number of carbonyl (C=O) groups is 3. The Hall–Kier alpha value is -8.34. The number of benzene rings is 6. The minimum atomic E-state index is -2.13. The minimum Gasteiger partial charge on any atom is -0.506 e. The van der Waals surface area contributed by atoms with E-state index in [1.54, 1.807) is 37.3 Å². The number of carbonyl (C=O) groups excluding carboxylic acids is 3. The van der Waals surface area contributed by atoms with Crippen LogP contribution in [0.4, 0.5) is 32.0 Å². The molecule has 0 fully saturated rings. The van der Waals surface area contributed by atoms with Crippen LogP contribution < -0.4 is 15.9 Å². The van der Waals surface area contributed by atoms with E-state index in [0.717, 1.165) is 34.5 Å². The highest BCUT2D eigenvalue weighted by molar-refractivity contribution is 6.24. The molecule has 3 N–H and O–H groups in total. The van der Waals surface area contributed by atoms with Crippen molar-refractivity contribution in [2.24, 2.45) is 0 Å². The van der Waals surface area contributed by atoms with Gasteiger partial charge in [-0.25, -0.2) is 31.5 Å². The number of aromatic hydroxyl groups is 1. The van der Waals surface area contributed by atoms with Gasteiger partial charge in [-0.15, -0.1) is 0 Å². The van der Waals surface area contributed by atoms with Crippen molar-refractivity contribution in [3.05, 3.63) is 183 Å². The normalized spacial score (nSPS) is 10.7. The molecule has 1 aliphatic heterocycles. The minimum absolute atomic E-state index is 0. The maximum absolute atomic E-state index is 14.6. The summed E-state index contributed by atoms with van der Waals surface area (Å²) >= 11 is 0. The number of hydrogen-bond acceptors (Lipinski definition) is 10. The maximum Gasteiger partial charge on any atom is 0.343 e. The van der Waals surface area contributed by atoms with Gasteiger partial charge >= 0.3 is 11.9 Å². The van der Waals surface area contributed by atoms with E-state index in [0.29, 0.717) is 11.4 Å². The topological polar surface area (TPSA) is 150 Å². The Kier molecular flexibility index (Phi) is 19.3. The third kappa shape index (κ3) is 11.8. The van der Waals surface area contributed by atoms with E-state index in [9.17, 15) is 50.6 Å². The van der Waals surface area contributed by atoms with Crippen LogP contribution in [0.15, 0.2) is 132 Å². The van der Waals surface area contributed by atoms with Gasteiger partial charge in [0.15, 0.2) is 40.6 Å². The summed E-state index contributed by atoms with van der Waals surface area (Å²) in [5.41, 5.74) is 7.67. The highest BCUT2D eigenvalue weighted by Gasteiger charge is 2.31. The highest BCUT2D eigenvalue weighted by Crippen LogP contribution is 2.43. The molecule has 0 amide bonds. The molecule has 0 saturated carbocycles. The number of nitrogen functional groups attached to an aromatic ring is 1. The van der Waals surface area contributed by atoms with Crippen LogP contribution in [0.1, 0.15) is 56.8 Å². The van der Waals surface area contributed by atoms with Gasteiger partial charge in [-0.05, 0) is 72.5 Å². The first-order valence-corrected chi connectivity index (χ1v) is 20.2. The molecule has 0 atom stereocenters. The molecular weight excluding hydrogens is 921 g/mol. The Balaban J connectivity index is 0.000000292. The molecule has 2 heterocycles. The molecule has 0 saturated heterocycles. The molecule has 0 radical (unpaired) electrons. The molecule has 11 nitrogen and oxygen atoms in total. The average molecular weight is 972 g/mol. The summed E-state index contributed by atoms with van der Waals surface area (Å²) in [6.07, 6.45) is 2.30. The number of halogens is 6. The van der Waals surface area contributed by atoms with Crippen molar-refractivity contribution in [1.82, 2.24) is 9.47 Å². The zero-order valence-electron chi connectivity index (χ0n) is 36.0. The summed E-state index contributed by atoms with van der Waals surface area (Å²) in [7, 11) is 2.93. The molecule has 17 heteroatoms. The molecule has 368 valence electrons. The molecule has 7 aromatic rings. The summed E-state index contributed by atoms with van der Waals surface area (Å²) < 4.78 is 98.5. The van der Waals surface area contributed by atoms with Gasteiger partial charge in [0.05, 0.1) is 35.5 Å². The van der Waals surface area contributed by atoms with E-state index in [1.807, 2.05) is 66.7 Å².